The van der Waals surface area contributed by atoms with Crippen LogP contribution in [0.25, 0.3) is 10.9 Å². The molecule has 0 saturated carbocycles. The number of ether oxygens (including phenoxy) is 2. The van der Waals surface area contributed by atoms with Crippen LogP contribution in [0.4, 0.5) is 0 Å². The van der Waals surface area contributed by atoms with Gasteiger partial charge in [-0.1, -0.05) is 47.1 Å². The molecule has 0 saturated heterocycles. The Kier molecular flexibility index (Phi) is 7.33. The van der Waals surface area contributed by atoms with Crippen LogP contribution < -0.4 is 15.0 Å². The van der Waals surface area contributed by atoms with Crippen molar-refractivity contribution in [3.8, 4) is 11.5 Å². The van der Waals surface area contributed by atoms with Gasteiger partial charge in [0.05, 0.1) is 24.2 Å². The van der Waals surface area contributed by atoms with Gasteiger partial charge in [0, 0.05) is 20.9 Å². The fraction of sp³-hybridized carbons (Fsp3) is 0.190. The normalized spacial score (nSPS) is 11.2. The van der Waals surface area contributed by atoms with Crippen LogP contribution in [0.1, 0.15) is 18.3 Å². The van der Waals surface area contributed by atoms with Crippen LogP contribution >= 0.6 is 43.5 Å². The second-order valence-electron chi connectivity index (χ2n) is 6.13. The zero-order valence-electron chi connectivity index (χ0n) is 16.3. The van der Waals surface area contributed by atoms with Gasteiger partial charge in [-0.2, -0.15) is 9.78 Å². The summed E-state index contributed by atoms with van der Waals surface area (Å²) in [5, 5.41) is 5.20. The Labute approximate surface area is 195 Å². The van der Waals surface area contributed by atoms with Crippen molar-refractivity contribution >= 4 is 60.6 Å². The highest BCUT2D eigenvalue weighted by Gasteiger charge is 2.17. The highest BCUT2D eigenvalue weighted by molar-refractivity contribution is 9.10. The van der Waals surface area contributed by atoms with Crippen LogP contribution in [0.3, 0.4) is 0 Å². The minimum Gasteiger partial charge on any atom is -0.493 e. The summed E-state index contributed by atoms with van der Waals surface area (Å²) in [5.74, 6) is 1.38. The van der Waals surface area contributed by atoms with Gasteiger partial charge >= 0.3 is 0 Å². The molecule has 0 aliphatic carbocycles. The summed E-state index contributed by atoms with van der Waals surface area (Å²) in [6.07, 6.45) is 3.68. The lowest BCUT2D eigenvalue weighted by Crippen LogP contribution is -2.22. The van der Waals surface area contributed by atoms with Crippen molar-refractivity contribution < 1.29 is 9.47 Å². The molecular weight excluding hydrogens is 538 g/mol. The van der Waals surface area contributed by atoms with Crippen molar-refractivity contribution in [3.63, 3.8) is 0 Å². The first-order valence-corrected chi connectivity index (χ1v) is 10.9. The quantitative estimate of drug-likeness (QED) is 0.282. The van der Waals surface area contributed by atoms with Gasteiger partial charge in [-0.3, -0.25) is 4.79 Å². The number of fused-ring (bicyclic) bond motifs is 1. The Hall–Kier alpha value is -2.16. The third kappa shape index (κ3) is 4.45. The molecule has 2 aromatic carbocycles. The summed E-state index contributed by atoms with van der Waals surface area (Å²) < 4.78 is 13.7. The van der Waals surface area contributed by atoms with Crippen LogP contribution in [0, 0.1) is 0 Å². The summed E-state index contributed by atoms with van der Waals surface area (Å²) in [6, 6.07) is 7.11. The fourth-order valence-electron chi connectivity index (χ4n) is 2.79. The standard InChI is InChI=1S/C21H18Br2ClN3O3/c1-4-8-30-20-16(29-3)9-12(18(23)19(20)24)11-25-27-17(5-2)26-15-7-6-13(22)10-14(15)21(27)28/h4,6-7,9-11H,1,5,8H2,2-3H3. The molecule has 0 spiro atoms. The average molecular weight is 556 g/mol. The number of nitrogens with zero attached hydrogens (tertiary/aromatic N) is 3. The van der Waals surface area contributed by atoms with Gasteiger partial charge in [-0.25, -0.2) is 4.98 Å². The third-order valence-electron chi connectivity index (χ3n) is 4.23. The Morgan fingerprint density at radius 1 is 1.33 bits per heavy atom. The molecule has 0 unspecified atom stereocenters. The van der Waals surface area contributed by atoms with Gasteiger partial charge in [0.1, 0.15) is 17.5 Å². The molecular formula is C21H18Br2ClN3O3. The van der Waals surface area contributed by atoms with Crippen molar-refractivity contribution in [2.45, 2.75) is 13.3 Å². The lowest BCUT2D eigenvalue weighted by atomic mass is 10.2. The number of benzene rings is 2. The zero-order valence-corrected chi connectivity index (χ0v) is 20.2. The van der Waals surface area contributed by atoms with E-state index >= 15 is 0 Å². The second kappa shape index (κ2) is 9.76. The van der Waals surface area contributed by atoms with E-state index in [1.54, 1.807) is 24.3 Å². The van der Waals surface area contributed by atoms with E-state index in [2.05, 4.69) is 48.5 Å². The first kappa shape index (κ1) is 22.5. The van der Waals surface area contributed by atoms with Gasteiger partial charge < -0.3 is 9.47 Å². The van der Waals surface area contributed by atoms with Gasteiger partial charge in [0.2, 0.25) is 0 Å². The smallest absolute Gasteiger partial charge is 0.282 e. The van der Waals surface area contributed by atoms with Crippen LogP contribution in [0.15, 0.2) is 55.8 Å². The predicted octanol–water partition coefficient (Wildman–Crippen LogP) is 5.59. The van der Waals surface area contributed by atoms with E-state index in [0.717, 1.165) is 4.47 Å². The summed E-state index contributed by atoms with van der Waals surface area (Å²) in [6.45, 7) is 5.83. The molecule has 156 valence electrons. The molecule has 6 nitrogen and oxygen atoms in total. The third-order valence-corrected chi connectivity index (χ3v) is 6.16. The molecule has 0 aliphatic rings. The molecule has 1 aromatic heterocycles. The molecule has 9 heteroatoms. The molecule has 3 aromatic rings. The molecule has 0 radical (unpaired) electrons. The summed E-state index contributed by atoms with van der Waals surface area (Å²) in [7, 11) is 1.52. The van der Waals surface area contributed by atoms with Crippen LogP contribution in [0.5, 0.6) is 11.5 Å². The van der Waals surface area contributed by atoms with E-state index < -0.39 is 0 Å². The monoisotopic (exact) mass is 553 g/mol. The highest BCUT2D eigenvalue weighted by atomic mass is 79.9. The van der Waals surface area contributed by atoms with E-state index in [1.807, 2.05) is 13.0 Å². The van der Waals surface area contributed by atoms with Crippen molar-refractivity contribution in [2.75, 3.05) is 13.7 Å². The number of aryl methyl sites for hydroxylation is 1. The van der Waals surface area contributed by atoms with E-state index in [9.17, 15) is 4.79 Å². The van der Waals surface area contributed by atoms with Gasteiger partial charge in [-0.05, 0) is 40.2 Å². The van der Waals surface area contributed by atoms with Crippen LogP contribution in [-0.4, -0.2) is 29.6 Å². The van der Waals surface area contributed by atoms with Crippen LogP contribution in [0.2, 0.25) is 5.02 Å². The summed E-state index contributed by atoms with van der Waals surface area (Å²) in [5.41, 5.74) is 0.988. The lowest BCUT2D eigenvalue weighted by Gasteiger charge is -2.14. The number of halogens is 3. The molecule has 0 atom stereocenters. The maximum Gasteiger partial charge on any atom is 0.282 e. The van der Waals surface area contributed by atoms with Crippen molar-refractivity contribution in [3.05, 3.63) is 72.6 Å². The molecule has 0 bridgehead atoms. The number of hydrogen-bond acceptors (Lipinski definition) is 5. The number of hydrogen-bond donors (Lipinski definition) is 0. The van der Waals surface area contributed by atoms with Crippen molar-refractivity contribution in [2.24, 2.45) is 5.10 Å². The molecule has 30 heavy (non-hydrogen) atoms. The molecule has 0 amide bonds. The second-order valence-corrected chi connectivity index (χ2v) is 8.22. The van der Waals surface area contributed by atoms with Crippen molar-refractivity contribution in [1.82, 2.24) is 9.66 Å². The summed E-state index contributed by atoms with van der Waals surface area (Å²) >= 11 is 13.3. The van der Waals surface area contributed by atoms with Crippen molar-refractivity contribution in [1.29, 1.82) is 0 Å². The van der Waals surface area contributed by atoms with E-state index in [4.69, 9.17) is 21.1 Å². The van der Waals surface area contributed by atoms with E-state index in [1.165, 1.54) is 18.0 Å². The molecule has 0 aliphatic heterocycles. The Morgan fingerprint density at radius 3 is 2.77 bits per heavy atom. The van der Waals surface area contributed by atoms with E-state index in [-0.39, 0.29) is 12.2 Å². The largest absolute Gasteiger partial charge is 0.493 e. The zero-order chi connectivity index (χ0) is 21.8. The Bertz CT molecular complexity index is 1210. The number of methoxy groups -OCH3 is 1. The van der Waals surface area contributed by atoms with E-state index in [0.29, 0.717) is 49.7 Å². The van der Waals surface area contributed by atoms with Gasteiger partial charge in [0.25, 0.3) is 5.56 Å². The maximum absolute atomic E-state index is 13.0. The Balaban J connectivity index is 2.12. The number of aromatic nitrogens is 2. The molecule has 0 N–H and O–H groups in total. The predicted molar refractivity (Wildman–Crippen MR) is 127 cm³/mol. The molecule has 1 heterocycles. The lowest BCUT2D eigenvalue weighted by molar-refractivity contribution is 0.326. The van der Waals surface area contributed by atoms with Gasteiger partial charge in [0.15, 0.2) is 11.5 Å². The molecule has 0 fully saturated rings. The highest BCUT2D eigenvalue weighted by Crippen LogP contribution is 2.42. The van der Waals surface area contributed by atoms with Crippen LogP contribution in [-0.2, 0) is 6.42 Å². The number of rotatable bonds is 7. The maximum atomic E-state index is 13.0. The Morgan fingerprint density at radius 2 is 2.10 bits per heavy atom. The summed E-state index contributed by atoms with van der Waals surface area (Å²) in [4.78, 5) is 17.6. The minimum atomic E-state index is -0.255. The van der Waals surface area contributed by atoms with Gasteiger partial charge in [-0.15, -0.1) is 0 Å². The minimum absolute atomic E-state index is 0.255. The fourth-order valence-corrected chi connectivity index (χ4v) is 3.80. The molecule has 3 rings (SSSR count). The topological polar surface area (TPSA) is 65.7 Å². The first-order chi connectivity index (χ1) is 14.4. The average Bonchev–Trinajstić information content (AvgIpc) is 2.75. The SMILES string of the molecule is C=CCOc1c(OC)cc(C=Nn2c(CC)nc3ccc(Br)cc3c2=O)c(Br)c1Cl. The first-order valence-electron chi connectivity index (χ1n) is 8.96.